The molecule has 134 valence electrons. The molecule has 2 N–H and O–H groups in total. The average Bonchev–Trinajstić information content (AvgIpc) is 2.53. The molecule has 24 heavy (non-hydrogen) atoms. The molecule has 1 aliphatic heterocycles. The van der Waals surface area contributed by atoms with Crippen LogP contribution in [0.3, 0.4) is 0 Å². The summed E-state index contributed by atoms with van der Waals surface area (Å²) in [4.78, 5) is 14.7. The molecule has 1 heterocycles. The van der Waals surface area contributed by atoms with E-state index in [9.17, 15) is 9.90 Å². The van der Waals surface area contributed by atoms with Crippen LogP contribution in [0, 0.1) is 13.8 Å². The standard InChI is InChI=1S/C18H28N2O4/c1-4-23-18(22)20-7-5-19(6-8-20)12-16(21)13-24-17-10-14(2)9-15(3)11-17/h9-11,16,21H,4-8,12-13H2,1-3H3/p+1/t16-/m1/s1. The van der Waals surface area contributed by atoms with Crippen LogP contribution in [0.4, 0.5) is 4.79 Å². The molecule has 2 rings (SSSR count). The minimum absolute atomic E-state index is 0.241. The number of nitrogens with zero attached hydrogens (tertiary/aromatic N) is 1. The number of carbonyl (C=O) groups is 1. The highest BCUT2D eigenvalue weighted by molar-refractivity contribution is 5.67. The fourth-order valence-electron chi connectivity index (χ4n) is 3.03. The maximum absolute atomic E-state index is 11.7. The van der Waals surface area contributed by atoms with Gasteiger partial charge in [0.25, 0.3) is 0 Å². The van der Waals surface area contributed by atoms with Crippen LogP contribution in [0.2, 0.25) is 0 Å². The van der Waals surface area contributed by atoms with Crippen molar-refractivity contribution < 1.29 is 24.3 Å². The third-order valence-corrected chi connectivity index (χ3v) is 4.16. The summed E-state index contributed by atoms with van der Waals surface area (Å²) in [5.41, 5.74) is 2.31. The van der Waals surface area contributed by atoms with E-state index in [1.54, 1.807) is 4.90 Å². The molecule has 1 aromatic rings. The number of ether oxygens (including phenoxy) is 2. The zero-order chi connectivity index (χ0) is 17.5. The Labute approximate surface area is 144 Å². The molecule has 0 aromatic heterocycles. The topological polar surface area (TPSA) is 63.4 Å². The molecule has 6 heteroatoms. The van der Waals surface area contributed by atoms with Gasteiger partial charge in [0.05, 0.1) is 32.8 Å². The predicted octanol–water partition coefficient (Wildman–Crippen LogP) is 0.400. The smallest absolute Gasteiger partial charge is 0.410 e. The lowest BCUT2D eigenvalue weighted by molar-refractivity contribution is -0.907. The first-order chi connectivity index (χ1) is 11.5. The summed E-state index contributed by atoms with van der Waals surface area (Å²) in [6.07, 6.45) is -0.759. The van der Waals surface area contributed by atoms with Gasteiger partial charge in [-0.3, -0.25) is 4.90 Å². The zero-order valence-corrected chi connectivity index (χ0v) is 14.9. The molecule has 6 nitrogen and oxygen atoms in total. The summed E-state index contributed by atoms with van der Waals surface area (Å²) in [7, 11) is 0. The second kappa shape index (κ2) is 8.89. The highest BCUT2D eigenvalue weighted by atomic mass is 16.6. The Bertz CT molecular complexity index is 522. The van der Waals surface area contributed by atoms with Crippen molar-refractivity contribution in [3.05, 3.63) is 29.3 Å². The van der Waals surface area contributed by atoms with E-state index in [0.29, 0.717) is 26.2 Å². The van der Waals surface area contributed by atoms with E-state index in [1.165, 1.54) is 4.90 Å². The number of hydrogen-bond acceptors (Lipinski definition) is 4. The van der Waals surface area contributed by atoms with Crippen molar-refractivity contribution in [2.45, 2.75) is 26.9 Å². The second-order valence-corrected chi connectivity index (χ2v) is 6.43. The number of quaternary nitrogens is 1. The fourth-order valence-corrected chi connectivity index (χ4v) is 3.03. The molecule has 1 fully saturated rings. The lowest BCUT2D eigenvalue weighted by Gasteiger charge is -2.32. The van der Waals surface area contributed by atoms with Crippen LogP contribution in [-0.4, -0.2) is 68.1 Å². The number of hydrogen-bond donors (Lipinski definition) is 2. The molecule has 0 saturated carbocycles. The number of benzene rings is 1. The number of aryl methyl sites for hydroxylation is 2. The maximum atomic E-state index is 11.7. The number of carbonyl (C=O) groups excluding carboxylic acids is 1. The third kappa shape index (κ3) is 5.69. The number of nitrogens with one attached hydrogen (secondary N) is 1. The molecule has 0 aliphatic carbocycles. The van der Waals surface area contributed by atoms with Crippen molar-refractivity contribution in [1.82, 2.24) is 4.90 Å². The molecule has 0 radical (unpaired) electrons. The number of aliphatic hydroxyl groups excluding tert-OH is 1. The van der Waals surface area contributed by atoms with E-state index in [1.807, 2.05) is 32.9 Å². The normalized spacial score (nSPS) is 16.8. The van der Waals surface area contributed by atoms with Crippen LogP contribution >= 0.6 is 0 Å². The van der Waals surface area contributed by atoms with Gasteiger partial charge in [0.1, 0.15) is 25.0 Å². The van der Waals surface area contributed by atoms with Gasteiger partial charge < -0.3 is 19.5 Å². The van der Waals surface area contributed by atoms with Gasteiger partial charge in [-0.15, -0.1) is 0 Å². The number of aliphatic hydroxyl groups is 1. The maximum Gasteiger partial charge on any atom is 0.410 e. The van der Waals surface area contributed by atoms with Gasteiger partial charge in [-0.1, -0.05) is 6.07 Å². The minimum atomic E-state index is -0.519. The second-order valence-electron chi connectivity index (χ2n) is 6.43. The first-order valence-electron chi connectivity index (χ1n) is 8.62. The largest absolute Gasteiger partial charge is 0.491 e. The van der Waals surface area contributed by atoms with Crippen molar-refractivity contribution in [2.75, 3.05) is 45.9 Å². The van der Waals surface area contributed by atoms with E-state index in [-0.39, 0.29) is 12.7 Å². The Kier molecular flexibility index (Phi) is 6.87. The number of piperazine rings is 1. The van der Waals surface area contributed by atoms with Gasteiger partial charge in [0.15, 0.2) is 0 Å². The summed E-state index contributed by atoms with van der Waals surface area (Å²) < 4.78 is 10.7. The summed E-state index contributed by atoms with van der Waals surface area (Å²) >= 11 is 0. The molecule has 1 saturated heterocycles. The molecule has 1 aliphatic rings. The Balaban J connectivity index is 1.71. The van der Waals surface area contributed by atoms with Gasteiger partial charge in [-0.25, -0.2) is 4.79 Å². The Morgan fingerprint density at radius 3 is 2.46 bits per heavy atom. The Morgan fingerprint density at radius 2 is 1.88 bits per heavy atom. The number of amides is 1. The Morgan fingerprint density at radius 1 is 1.25 bits per heavy atom. The molecule has 1 aromatic carbocycles. The predicted molar refractivity (Wildman–Crippen MR) is 91.6 cm³/mol. The summed E-state index contributed by atoms with van der Waals surface area (Å²) in [5.74, 6) is 0.800. The van der Waals surface area contributed by atoms with E-state index in [4.69, 9.17) is 9.47 Å². The third-order valence-electron chi connectivity index (χ3n) is 4.16. The molecule has 0 unspecified atom stereocenters. The highest BCUT2D eigenvalue weighted by Crippen LogP contribution is 2.16. The molecular weight excluding hydrogens is 308 g/mol. The van der Waals surface area contributed by atoms with E-state index in [0.717, 1.165) is 30.0 Å². The van der Waals surface area contributed by atoms with Crippen LogP contribution in [0.5, 0.6) is 5.75 Å². The van der Waals surface area contributed by atoms with E-state index < -0.39 is 6.10 Å². The monoisotopic (exact) mass is 337 g/mol. The highest BCUT2D eigenvalue weighted by Gasteiger charge is 2.26. The summed E-state index contributed by atoms with van der Waals surface area (Å²) in [6, 6.07) is 6.05. The van der Waals surface area contributed by atoms with Crippen LogP contribution in [-0.2, 0) is 4.74 Å². The van der Waals surface area contributed by atoms with Crippen molar-refractivity contribution >= 4 is 6.09 Å². The first-order valence-corrected chi connectivity index (χ1v) is 8.62. The molecule has 1 amide bonds. The summed E-state index contributed by atoms with van der Waals surface area (Å²) in [6.45, 7) is 10.2. The number of rotatable bonds is 6. The quantitative estimate of drug-likeness (QED) is 0.789. The van der Waals surface area contributed by atoms with Crippen molar-refractivity contribution in [1.29, 1.82) is 0 Å². The van der Waals surface area contributed by atoms with Crippen LogP contribution in [0.15, 0.2) is 18.2 Å². The molecular formula is C18H29N2O4+. The minimum Gasteiger partial charge on any atom is -0.491 e. The molecule has 1 atom stereocenters. The summed E-state index contributed by atoms with van der Waals surface area (Å²) in [5, 5.41) is 10.2. The van der Waals surface area contributed by atoms with Crippen LogP contribution in [0.1, 0.15) is 18.1 Å². The van der Waals surface area contributed by atoms with Crippen molar-refractivity contribution in [2.24, 2.45) is 0 Å². The van der Waals surface area contributed by atoms with Crippen molar-refractivity contribution in [3.8, 4) is 5.75 Å². The van der Waals surface area contributed by atoms with Gasteiger partial charge in [0, 0.05) is 0 Å². The lowest BCUT2D eigenvalue weighted by atomic mass is 10.1. The van der Waals surface area contributed by atoms with Crippen LogP contribution < -0.4 is 9.64 Å². The van der Waals surface area contributed by atoms with E-state index in [2.05, 4.69) is 6.07 Å². The SMILES string of the molecule is CCOC(=O)N1CC[NH+](C[C@@H](O)COc2cc(C)cc(C)c2)CC1. The van der Waals surface area contributed by atoms with Gasteiger partial charge >= 0.3 is 6.09 Å². The first kappa shape index (κ1) is 18.5. The van der Waals surface area contributed by atoms with Gasteiger partial charge in [-0.2, -0.15) is 0 Å². The van der Waals surface area contributed by atoms with Crippen molar-refractivity contribution in [3.63, 3.8) is 0 Å². The zero-order valence-electron chi connectivity index (χ0n) is 14.9. The average molecular weight is 337 g/mol. The van der Waals surface area contributed by atoms with Crippen LogP contribution in [0.25, 0.3) is 0 Å². The molecule has 0 spiro atoms. The fraction of sp³-hybridized carbons (Fsp3) is 0.611. The van der Waals surface area contributed by atoms with Gasteiger partial charge in [0.2, 0.25) is 0 Å². The lowest BCUT2D eigenvalue weighted by Crippen LogP contribution is -3.16. The Hall–Kier alpha value is -1.79. The van der Waals surface area contributed by atoms with Gasteiger partial charge in [-0.05, 0) is 44.0 Å². The molecule has 0 bridgehead atoms. The van der Waals surface area contributed by atoms with E-state index >= 15 is 0 Å².